The smallest absolute Gasteiger partial charge is 0.204 e. The monoisotopic (exact) mass is 420 g/mol. The first kappa shape index (κ1) is 24.2. The summed E-state index contributed by atoms with van der Waals surface area (Å²) in [5.41, 5.74) is 11.7. The van der Waals surface area contributed by atoms with Gasteiger partial charge in [0, 0.05) is 35.4 Å². The van der Waals surface area contributed by atoms with Crippen LogP contribution in [0, 0.1) is 19.8 Å². The number of anilines is 2. The Morgan fingerprint density at radius 3 is 2.39 bits per heavy atom. The van der Waals surface area contributed by atoms with Gasteiger partial charge in [0.1, 0.15) is 0 Å². The van der Waals surface area contributed by atoms with Gasteiger partial charge < -0.3 is 16.4 Å². The van der Waals surface area contributed by atoms with Gasteiger partial charge in [0.15, 0.2) is 0 Å². The fourth-order valence-electron chi connectivity index (χ4n) is 4.21. The molecular formula is C26H36N4O. The maximum absolute atomic E-state index is 8.58. The van der Waals surface area contributed by atoms with Crippen molar-refractivity contribution in [3.8, 4) is 0 Å². The zero-order valence-corrected chi connectivity index (χ0v) is 19.1. The molecule has 31 heavy (non-hydrogen) atoms. The largest absolute Gasteiger partial charge is 0.385 e. The molecule has 1 aliphatic carbocycles. The Hall–Kier alpha value is -3.08. The first-order chi connectivity index (χ1) is 15.0. The molecule has 3 rings (SSSR count). The van der Waals surface area contributed by atoms with Gasteiger partial charge in [-0.15, -0.1) is 0 Å². The standard InChI is InChI=1S/C25H33N3.CH3NO/c1-5-26-24-17-18(2)16-19(3)25(24)20(4)28-23-12-10-22(11-13-23)27-15-14-21-8-6-7-9-21;2-1-3/h5,10-13,16-17,21,27-28H,4,6-9,14-15H2,1-3H3;1H,(H2,2,3). The quantitative estimate of drug-likeness (QED) is 0.351. The molecule has 0 bridgehead atoms. The molecule has 1 fully saturated rings. The number of hydrogen-bond donors (Lipinski definition) is 3. The molecular weight excluding hydrogens is 384 g/mol. The second-order valence-corrected chi connectivity index (χ2v) is 8.05. The van der Waals surface area contributed by atoms with E-state index in [4.69, 9.17) is 4.79 Å². The van der Waals surface area contributed by atoms with E-state index >= 15 is 0 Å². The van der Waals surface area contributed by atoms with Crippen LogP contribution in [0.15, 0.2) is 48.0 Å². The number of carbonyl (C=O) groups excluding carboxylic acids is 1. The molecule has 1 saturated carbocycles. The molecule has 0 heterocycles. The van der Waals surface area contributed by atoms with Crippen LogP contribution in [0.1, 0.15) is 55.7 Å². The number of nitrogens with zero attached hydrogens (tertiary/aromatic N) is 1. The Morgan fingerprint density at radius 1 is 1.16 bits per heavy atom. The molecule has 5 heteroatoms. The molecule has 4 N–H and O–H groups in total. The van der Waals surface area contributed by atoms with E-state index in [2.05, 4.69) is 78.2 Å². The van der Waals surface area contributed by atoms with Crippen LogP contribution in [0.2, 0.25) is 0 Å². The second-order valence-electron chi connectivity index (χ2n) is 8.05. The molecule has 0 atom stereocenters. The predicted octanol–water partition coefficient (Wildman–Crippen LogP) is 6.20. The van der Waals surface area contributed by atoms with E-state index in [-0.39, 0.29) is 6.41 Å². The SMILES string of the molecule is C=C(Nc1ccc(NCCC2CCCC2)cc1)c1c(C)cc(C)cc1N=CC.NC=O. The van der Waals surface area contributed by atoms with Crippen molar-refractivity contribution in [1.82, 2.24) is 0 Å². The number of rotatable bonds is 8. The van der Waals surface area contributed by atoms with Crippen molar-refractivity contribution in [3.63, 3.8) is 0 Å². The van der Waals surface area contributed by atoms with Crippen LogP contribution in [0.4, 0.5) is 17.1 Å². The molecule has 166 valence electrons. The zero-order valence-electron chi connectivity index (χ0n) is 19.1. The number of nitrogens with two attached hydrogens (primary N) is 1. The summed E-state index contributed by atoms with van der Waals surface area (Å²) in [4.78, 5) is 13.1. The van der Waals surface area contributed by atoms with Crippen molar-refractivity contribution in [1.29, 1.82) is 0 Å². The zero-order chi connectivity index (χ0) is 22.6. The Bertz CT molecular complexity index is 881. The third-order valence-corrected chi connectivity index (χ3v) is 5.57. The molecule has 1 amide bonds. The van der Waals surface area contributed by atoms with Gasteiger partial charge in [-0.3, -0.25) is 9.79 Å². The van der Waals surface area contributed by atoms with Crippen LogP contribution in [0.5, 0.6) is 0 Å². The highest BCUT2D eigenvalue weighted by molar-refractivity contribution is 5.84. The summed E-state index contributed by atoms with van der Waals surface area (Å²) >= 11 is 0. The highest BCUT2D eigenvalue weighted by Gasteiger charge is 2.14. The van der Waals surface area contributed by atoms with Gasteiger partial charge in [0.05, 0.1) is 5.69 Å². The van der Waals surface area contributed by atoms with Crippen molar-refractivity contribution in [2.24, 2.45) is 16.6 Å². The summed E-state index contributed by atoms with van der Waals surface area (Å²) in [5.74, 6) is 0.925. The minimum Gasteiger partial charge on any atom is -0.385 e. The van der Waals surface area contributed by atoms with Gasteiger partial charge in [-0.25, -0.2) is 0 Å². The van der Waals surface area contributed by atoms with Gasteiger partial charge >= 0.3 is 0 Å². The lowest BCUT2D eigenvalue weighted by molar-refractivity contribution is -0.106. The molecule has 0 aromatic heterocycles. The van der Waals surface area contributed by atoms with E-state index < -0.39 is 0 Å². The number of amides is 1. The summed E-state index contributed by atoms with van der Waals surface area (Å²) in [6, 6.07) is 12.8. The summed E-state index contributed by atoms with van der Waals surface area (Å²) in [5, 5.41) is 7.00. The predicted molar refractivity (Wildman–Crippen MR) is 134 cm³/mol. The number of carbonyl (C=O) groups is 1. The molecule has 2 aromatic rings. The first-order valence-corrected chi connectivity index (χ1v) is 11.0. The summed E-state index contributed by atoms with van der Waals surface area (Å²) < 4.78 is 0. The van der Waals surface area contributed by atoms with E-state index in [1.165, 1.54) is 48.9 Å². The van der Waals surface area contributed by atoms with E-state index in [0.717, 1.165) is 35.1 Å². The van der Waals surface area contributed by atoms with Gasteiger partial charge in [0.25, 0.3) is 0 Å². The van der Waals surface area contributed by atoms with Crippen LogP contribution in [0.3, 0.4) is 0 Å². The molecule has 0 aliphatic heterocycles. The molecule has 0 spiro atoms. The van der Waals surface area contributed by atoms with Crippen molar-refractivity contribution in [2.45, 2.75) is 52.9 Å². The minimum atomic E-state index is 0.250. The number of aryl methyl sites for hydroxylation is 2. The topological polar surface area (TPSA) is 79.5 Å². The van der Waals surface area contributed by atoms with Crippen molar-refractivity contribution >= 4 is 35.4 Å². The molecule has 2 aromatic carbocycles. The lowest BCUT2D eigenvalue weighted by Gasteiger charge is -2.16. The van der Waals surface area contributed by atoms with Crippen LogP contribution in [-0.2, 0) is 4.79 Å². The average Bonchev–Trinajstić information content (AvgIpc) is 3.23. The lowest BCUT2D eigenvalue weighted by atomic mass is 10.0. The van der Waals surface area contributed by atoms with Gasteiger partial charge in [-0.1, -0.05) is 38.3 Å². The van der Waals surface area contributed by atoms with E-state index in [0.29, 0.717) is 0 Å². The van der Waals surface area contributed by atoms with Gasteiger partial charge in [0.2, 0.25) is 6.41 Å². The number of benzene rings is 2. The maximum atomic E-state index is 8.58. The van der Waals surface area contributed by atoms with Crippen molar-refractivity contribution < 1.29 is 4.79 Å². The number of primary amides is 1. The highest BCUT2D eigenvalue weighted by atomic mass is 16.1. The number of hydrogen-bond acceptors (Lipinski definition) is 4. The van der Waals surface area contributed by atoms with Gasteiger partial charge in [-0.05, 0) is 74.6 Å². The fraction of sp³-hybridized carbons (Fsp3) is 0.385. The van der Waals surface area contributed by atoms with E-state index in [1.54, 1.807) is 0 Å². The third kappa shape index (κ3) is 7.59. The van der Waals surface area contributed by atoms with E-state index in [1.807, 2.05) is 13.1 Å². The molecule has 1 aliphatic rings. The summed E-state index contributed by atoms with van der Waals surface area (Å²) in [6.45, 7) is 11.5. The normalized spacial score (nSPS) is 13.5. The molecule has 5 nitrogen and oxygen atoms in total. The highest BCUT2D eigenvalue weighted by Crippen LogP contribution is 2.31. The van der Waals surface area contributed by atoms with Crippen LogP contribution in [-0.4, -0.2) is 19.2 Å². The van der Waals surface area contributed by atoms with Crippen LogP contribution in [0.25, 0.3) is 5.70 Å². The Labute approximate surface area is 186 Å². The minimum absolute atomic E-state index is 0.250. The first-order valence-electron chi connectivity index (χ1n) is 11.0. The van der Waals surface area contributed by atoms with Crippen molar-refractivity contribution in [2.75, 3.05) is 17.2 Å². The van der Waals surface area contributed by atoms with Crippen molar-refractivity contribution in [3.05, 3.63) is 59.7 Å². The van der Waals surface area contributed by atoms with Crippen LogP contribution >= 0.6 is 0 Å². The average molecular weight is 421 g/mol. The summed E-state index contributed by atoms with van der Waals surface area (Å²) in [6.07, 6.45) is 9.02. The third-order valence-electron chi connectivity index (χ3n) is 5.57. The second kappa shape index (κ2) is 12.6. The Kier molecular flexibility index (Phi) is 9.82. The maximum Gasteiger partial charge on any atom is 0.204 e. The Morgan fingerprint density at radius 2 is 1.77 bits per heavy atom. The molecule has 0 saturated heterocycles. The van der Waals surface area contributed by atoms with E-state index in [9.17, 15) is 0 Å². The fourth-order valence-corrected chi connectivity index (χ4v) is 4.21. The molecule has 0 radical (unpaired) electrons. The number of aliphatic imine (C=N–C) groups is 1. The van der Waals surface area contributed by atoms with Crippen LogP contribution < -0.4 is 16.4 Å². The molecule has 0 unspecified atom stereocenters. The van der Waals surface area contributed by atoms with Gasteiger partial charge in [-0.2, -0.15) is 0 Å². The lowest BCUT2D eigenvalue weighted by Crippen LogP contribution is -2.06. The number of nitrogens with one attached hydrogen (secondary N) is 2. The summed E-state index contributed by atoms with van der Waals surface area (Å²) in [7, 11) is 0. The Balaban J connectivity index is 0.00000107.